The van der Waals surface area contributed by atoms with Crippen LogP contribution in [0.5, 0.6) is 11.8 Å². The summed E-state index contributed by atoms with van der Waals surface area (Å²) >= 11 is 0. The van der Waals surface area contributed by atoms with Crippen molar-refractivity contribution in [3.05, 3.63) is 36.0 Å². The molecular weight excluding hydrogens is 304 g/mol. The molecule has 2 aromatic rings. The van der Waals surface area contributed by atoms with Crippen molar-refractivity contribution >= 4 is 17.5 Å². The monoisotopic (exact) mass is 316 g/mol. The highest BCUT2D eigenvalue weighted by Gasteiger charge is 2.30. The summed E-state index contributed by atoms with van der Waals surface area (Å²) in [7, 11) is 0. The Balaban J connectivity index is 1.66. The molecule has 0 spiro atoms. The predicted octanol–water partition coefficient (Wildman–Crippen LogP) is -0.351. The van der Waals surface area contributed by atoms with Crippen molar-refractivity contribution in [2.45, 2.75) is 0 Å². The molecule has 1 aliphatic rings. The minimum absolute atomic E-state index is 0.0309. The number of hydrogen-bond donors (Lipinski definition) is 3. The number of tetrazole rings is 1. The Morgan fingerprint density at radius 3 is 2.70 bits per heavy atom. The molecular formula is C13H12N6O4. The van der Waals surface area contributed by atoms with E-state index in [1.54, 1.807) is 24.3 Å². The number of carbonyl (C=O) groups excluding carboxylic acids is 2. The van der Waals surface area contributed by atoms with Gasteiger partial charge in [0.25, 0.3) is 11.8 Å². The molecule has 118 valence electrons. The van der Waals surface area contributed by atoms with Gasteiger partial charge in [-0.3, -0.25) is 14.5 Å². The largest absolute Gasteiger partial charge is 0.422 e. The van der Waals surface area contributed by atoms with E-state index in [9.17, 15) is 9.59 Å². The lowest BCUT2D eigenvalue weighted by Gasteiger charge is -2.13. The van der Waals surface area contributed by atoms with Crippen molar-refractivity contribution in [2.24, 2.45) is 0 Å². The summed E-state index contributed by atoms with van der Waals surface area (Å²) in [6, 6.07) is 6.72. The molecule has 1 aromatic carbocycles. The molecule has 0 bridgehead atoms. The predicted molar refractivity (Wildman–Crippen MR) is 76.2 cm³/mol. The molecule has 0 unspecified atom stereocenters. The first-order valence-corrected chi connectivity index (χ1v) is 6.64. The summed E-state index contributed by atoms with van der Waals surface area (Å²) in [6.45, 7) is -0.308. The van der Waals surface area contributed by atoms with Crippen LogP contribution in [0.15, 0.2) is 36.0 Å². The zero-order valence-electron chi connectivity index (χ0n) is 11.8. The zero-order valence-corrected chi connectivity index (χ0v) is 11.8. The molecule has 1 aliphatic heterocycles. The van der Waals surface area contributed by atoms with Gasteiger partial charge in [0.05, 0.1) is 13.2 Å². The molecule has 0 aliphatic carbocycles. The van der Waals surface area contributed by atoms with Crippen LogP contribution in [0.3, 0.4) is 0 Å². The Morgan fingerprint density at radius 2 is 2.04 bits per heavy atom. The fraction of sp³-hybridized carbons (Fsp3) is 0.154. The summed E-state index contributed by atoms with van der Waals surface area (Å²) in [5, 5.41) is 24.7. The number of imide groups is 1. The highest BCUT2D eigenvalue weighted by molar-refractivity contribution is 6.17. The number of rotatable bonds is 6. The molecule has 10 nitrogen and oxygen atoms in total. The molecule has 1 aromatic heterocycles. The number of aliphatic hydroxyl groups excluding tert-OH is 1. The normalized spacial score (nSPS) is 14.1. The van der Waals surface area contributed by atoms with E-state index in [2.05, 4.69) is 25.9 Å². The van der Waals surface area contributed by atoms with Crippen molar-refractivity contribution in [1.29, 1.82) is 0 Å². The summed E-state index contributed by atoms with van der Waals surface area (Å²) in [5.41, 5.74) is 0.749. The number of anilines is 1. The molecule has 0 fully saturated rings. The number of benzene rings is 1. The number of hydrogen-bond acceptors (Lipinski definition) is 8. The number of β-amino-alcohol motifs (C(OH)–C–C–N with tert-alkyl or cyclic N) is 1. The van der Waals surface area contributed by atoms with Crippen LogP contribution in [0.2, 0.25) is 0 Å². The summed E-state index contributed by atoms with van der Waals surface area (Å²) in [5.74, 6) is -0.443. The van der Waals surface area contributed by atoms with Gasteiger partial charge in [-0.1, -0.05) is 10.2 Å². The third-order valence-corrected chi connectivity index (χ3v) is 3.00. The molecule has 23 heavy (non-hydrogen) atoms. The van der Waals surface area contributed by atoms with E-state index < -0.39 is 11.8 Å². The topological polar surface area (TPSA) is 133 Å². The Morgan fingerprint density at radius 1 is 1.26 bits per heavy atom. The lowest BCUT2D eigenvalue weighted by atomic mass is 10.3. The van der Waals surface area contributed by atoms with Crippen molar-refractivity contribution in [3.63, 3.8) is 0 Å². The van der Waals surface area contributed by atoms with Gasteiger partial charge < -0.3 is 15.2 Å². The molecule has 0 saturated carbocycles. The van der Waals surface area contributed by atoms with Gasteiger partial charge in [-0.2, -0.15) is 5.21 Å². The third-order valence-electron chi connectivity index (χ3n) is 3.00. The van der Waals surface area contributed by atoms with Crippen LogP contribution in [0.25, 0.3) is 0 Å². The number of amides is 2. The smallest absolute Gasteiger partial charge is 0.361 e. The maximum Gasteiger partial charge on any atom is 0.361 e. The van der Waals surface area contributed by atoms with Crippen LogP contribution in [0, 0.1) is 0 Å². The first-order chi connectivity index (χ1) is 11.2. The van der Waals surface area contributed by atoms with Crippen molar-refractivity contribution in [3.8, 4) is 11.8 Å². The number of ether oxygens (including phenoxy) is 1. The minimum atomic E-state index is -0.476. The molecule has 0 atom stereocenters. The Bertz CT molecular complexity index is 740. The molecule has 2 heterocycles. The second-order valence-corrected chi connectivity index (χ2v) is 4.52. The summed E-state index contributed by atoms with van der Waals surface area (Å²) in [4.78, 5) is 24.6. The molecule has 3 N–H and O–H groups in total. The second kappa shape index (κ2) is 6.23. The maximum atomic E-state index is 12.0. The number of H-pyrrole nitrogens is 1. The van der Waals surface area contributed by atoms with Gasteiger partial charge in [0.2, 0.25) is 0 Å². The number of nitrogens with one attached hydrogen (secondary N) is 2. The lowest BCUT2D eigenvalue weighted by molar-refractivity contribution is -0.137. The van der Waals surface area contributed by atoms with Gasteiger partial charge in [-0.25, -0.2) is 0 Å². The van der Waals surface area contributed by atoms with E-state index in [-0.39, 0.29) is 24.9 Å². The second-order valence-electron chi connectivity index (χ2n) is 4.52. The number of aromatic nitrogens is 4. The maximum absolute atomic E-state index is 12.0. The molecule has 3 rings (SSSR count). The van der Waals surface area contributed by atoms with Gasteiger partial charge in [0.1, 0.15) is 11.4 Å². The average molecular weight is 316 g/mol. The van der Waals surface area contributed by atoms with Crippen LogP contribution in [-0.4, -0.2) is 55.6 Å². The van der Waals surface area contributed by atoms with E-state index in [4.69, 9.17) is 9.84 Å². The Kier molecular flexibility index (Phi) is 3.97. The zero-order chi connectivity index (χ0) is 16.2. The van der Waals surface area contributed by atoms with Crippen molar-refractivity contribution in [2.75, 3.05) is 18.5 Å². The third kappa shape index (κ3) is 3.16. The molecule has 0 saturated heterocycles. The number of nitrogens with zero attached hydrogens (tertiary/aromatic N) is 4. The van der Waals surface area contributed by atoms with Gasteiger partial charge in [0.15, 0.2) is 0 Å². The highest BCUT2D eigenvalue weighted by atomic mass is 16.5. The van der Waals surface area contributed by atoms with E-state index in [1.165, 1.54) is 6.08 Å². The van der Waals surface area contributed by atoms with Crippen molar-refractivity contribution < 1.29 is 19.4 Å². The standard InChI is InChI=1S/C13H12N6O4/c20-6-5-19-11(21)7-10(12(19)22)14-8-1-3-9(4-2-8)23-13-15-17-18-16-13/h1-4,7,14,20H,5-6H2,(H,15,16,17,18). The lowest BCUT2D eigenvalue weighted by Crippen LogP contribution is -2.34. The average Bonchev–Trinajstić information content (AvgIpc) is 3.14. The van der Waals surface area contributed by atoms with E-state index in [0.717, 1.165) is 4.90 Å². The van der Waals surface area contributed by atoms with Crippen LogP contribution in [0.1, 0.15) is 0 Å². The minimum Gasteiger partial charge on any atom is -0.422 e. The van der Waals surface area contributed by atoms with Crippen LogP contribution in [0.4, 0.5) is 5.69 Å². The van der Waals surface area contributed by atoms with Crippen LogP contribution in [-0.2, 0) is 9.59 Å². The molecule has 10 heteroatoms. The fourth-order valence-corrected chi connectivity index (χ4v) is 1.97. The van der Waals surface area contributed by atoms with Gasteiger partial charge >= 0.3 is 6.01 Å². The van der Waals surface area contributed by atoms with E-state index in [1.807, 2.05) is 0 Å². The van der Waals surface area contributed by atoms with Crippen molar-refractivity contribution in [1.82, 2.24) is 25.5 Å². The molecule has 0 radical (unpaired) electrons. The van der Waals surface area contributed by atoms with E-state index in [0.29, 0.717) is 11.4 Å². The fourth-order valence-electron chi connectivity index (χ4n) is 1.97. The first-order valence-electron chi connectivity index (χ1n) is 6.64. The Labute approximate surface area is 129 Å². The quantitative estimate of drug-likeness (QED) is 0.616. The number of carbonyl (C=O) groups is 2. The van der Waals surface area contributed by atoms with E-state index >= 15 is 0 Å². The van der Waals surface area contributed by atoms with Gasteiger partial charge in [-0.05, 0) is 29.5 Å². The number of aromatic amines is 1. The molecule has 2 amide bonds. The van der Waals surface area contributed by atoms with Crippen LogP contribution < -0.4 is 10.1 Å². The number of aliphatic hydroxyl groups is 1. The summed E-state index contributed by atoms with van der Waals surface area (Å²) in [6.07, 6.45) is 1.20. The van der Waals surface area contributed by atoms with Gasteiger partial charge in [0, 0.05) is 11.8 Å². The first kappa shape index (κ1) is 14.7. The SMILES string of the molecule is O=C1C=C(Nc2ccc(Oc3nn[nH]n3)cc2)C(=O)N1CCO. The van der Waals surface area contributed by atoms with Gasteiger partial charge in [-0.15, -0.1) is 0 Å². The highest BCUT2D eigenvalue weighted by Crippen LogP contribution is 2.22. The van der Waals surface area contributed by atoms with Crippen LogP contribution >= 0.6 is 0 Å². The Hall–Kier alpha value is -3.27. The summed E-state index contributed by atoms with van der Waals surface area (Å²) < 4.78 is 5.32.